The van der Waals surface area contributed by atoms with Gasteiger partial charge in [-0.15, -0.1) is 11.3 Å². The minimum atomic E-state index is 0.299. The van der Waals surface area contributed by atoms with Gasteiger partial charge in [-0.3, -0.25) is 0 Å². The Morgan fingerprint density at radius 1 is 1.32 bits per heavy atom. The monoisotopic (exact) mass is 314 g/mol. The van der Waals surface area contributed by atoms with E-state index in [1.165, 1.54) is 4.88 Å². The number of thiazole rings is 1. The Balaban J connectivity index is 2.26. The van der Waals surface area contributed by atoms with E-state index in [1.54, 1.807) is 11.3 Å². The van der Waals surface area contributed by atoms with Gasteiger partial charge in [0, 0.05) is 22.7 Å². The molecule has 102 valence electrons. The Labute approximate surface area is 127 Å². The number of rotatable bonds is 5. The van der Waals surface area contributed by atoms with Crippen molar-refractivity contribution in [1.82, 2.24) is 10.3 Å². The van der Waals surface area contributed by atoms with Gasteiger partial charge < -0.3 is 5.32 Å². The highest BCUT2D eigenvalue weighted by Crippen LogP contribution is 2.37. The van der Waals surface area contributed by atoms with Crippen LogP contribution in [0.1, 0.15) is 31.2 Å². The van der Waals surface area contributed by atoms with E-state index in [0.717, 1.165) is 23.5 Å². The Morgan fingerprint density at radius 3 is 2.63 bits per heavy atom. The molecule has 19 heavy (non-hydrogen) atoms. The predicted molar refractivity (Wildman–Crippen MR) is 84.3 cm³/mol. The Bertz CT molecular complexity index is 534. The molecule has 1 aromatic heterocycles. The van der Waals surface area contributed by atoms with Gasteiger partial charge in [0.25, 0.3) is 0 Å². The van der Waals surface area contributed by atoms with Crippen molar-refractivity contribution in [3.8, 4) is 10.6 Å². The average molecular weight is 315 g/mol. The molecule has 0 radical (unpaired) electrons. The van der Waals surface area contributed by atoms with Gasteiger partial charge in [0.2, 0.25) is 0 Å². The van der Waals surface area contributed by atoms with Gasteiger partial charge >= 0.3 is 0 Å². The van der Waals surface area contributed by atoms with E-state index in [9.17, 15) is 0 Å². The third-order valence-corrected chi connectivity index (χ3v) is 4.65. The zero-order chi connectivity index (χ0) is 13.8. The van der Waals surface area contributed by atoms with Gasteiger partial charge in [-0.1, -0.05) is 36.2 Å². The molecule has 1 aromatic carbocycles. The fraction of sp³-hybridized carbons (Fsp3) is 0.357. The van der Waals surface area contributed by atoms with Crippen LogP contribution in [0.15, 0.2) is 24.4 Å². The number of nitrogens with one attached hydrogen (secondary N) is 1. The number of aromatic nitrogens is 1. The van der Waals surface area contributed by atoms with E-state index in [-0.39, 0.29) is 0 Å². The molecule has 1 unspecified atom stereocenters. The molecule has 0 saturated carbocycles. The SMILES string of the molecule is CCCNC(C)c1cnc(-c2c(Cl)cccc2Cl)s1. The van der Waals surface area contributed by atoms with Gasteiger partial charge in [-0.05, 0) is 32.0 Å². The quantitative estimate of drug-likeness (QED) is 0.822. The van der Waals surface area contributed by atoms with Crippen LogP contribution in [0.4, 0.5) is 0 Å². The van der Waals surface area contributed by atoms with Gasteiger partial charge in [-0.2, -0.15) is 0 Å². The normalized spacial score (nSPS) is 12.6. The summed E-state index contributed by atoms with van der Waals surface area (Å²) in [7, 11) is 0. The highest BCUT2D eigenvalue weighted by atomic mass is 35.5. The van der Waals surface area contributed by atoms with E-state index in [2.05, 4.69) is 24.1 Å². The van der Waals surface area contributed by atoms with Crippen LogP contribution in [0.3, 0.4) is 0 Å². The minimum absolute atomic E-state index is 0.299. The van der Waals surface area contributed by atoms with Crippen molar-refractivity contribution in [2.45, 2.75) is 26.3 Å². The van der Waals surface area contributed by atoms with E-state index in [4.69, 9.17) is 23.2 Å². The van der Waals surface area contributed by atoms with E-state index in [0.29, 0.717) is 16.1 Å². The summed E-state index contributed by atoms with van der Waals surface area (Å²) in [6, 6.07) is 5.81. The molecular formula is C14H16Cl2N2S. The first kappa shape index (κ1) is 14.8. The van der Waals surface area contributed by atoms with Crippen LogP contribution in [-0.4, -0.2) is 11.5 Å². The lowest BCUT2D eigenvalue weighted by Gasteiger charge is -2.09. The molecular weight excluding hydrogens is 299 g/mol. The summed E-state index contributed by atoms with van der Waals surface area (Å²) < 4.78 is 0. The summed E-state index contributed by atoms with van der Waals surface area (Å²) in [4.78, 5) is 5.64. The lowest BCUT2D eigenvalue weighted by atomic mass is 10.2. The van der Waals surface area contributed by atoms with Crippen molar-refractivity contribution >= 4 is 34.5 Å². The number of halogens is 2. The zero-order valence-corrected chi connectivity index (χ0v) is 13.2. The smallest absolute Gasteiger partial charge is 0.126 e. The summed E-state index contributed by atoms with van der Waals surface area (Å²) in [5.74, 6) is 0. The first-order valence-corrected chi connectivity index (χ1v) is 7.84. The predicted octanol–water partition coefficient (Wildman–Crippen LogP) is 5.18. The van der Waals surface area contributed by atoms with Gasteiger partial charge in [0.1, 0.15) is 5.01 Å². The third kappa shape index (κ3) is 3.48. The van der Waals surface area contributed by atoms with Crippen molar-refractivity contribution in [3.63, 3.8) is 0 Å². The molecule has 2 aromatic rings. The molecule has 1 N–H and O–H groups in total. The van der Waals surface area contributed by atoms with Crippen molar-refractivity contribution in [2.24, 2.45) is 0 Å². The fourth-order valence-corrected chi connectivity index (χ4v) is 3.47. The topological polar surface area (TPSA) is 24.9 Å². The highest BCUT2D eigenvalue weighted by molar-refractivity contribution is 7.15. The summed E-state index contributed by atoms with van der Waals surface area (Å²) in [5.41, 5.74) is 0.824. The number of benzene rings is 1. The van der Waals surface area contributed by atoms with E-state index >= 15 is 0 Å². The first-order valence-electron chi connectivity index (χ1n) is 6.27. The van der Waals surface area contributed by atoms with Crippen LogP contribution in [0.2, 0.25) is 10.0 Å². The molecule has 2 rings (SSSR count). The first-order chi connectivity index (χ1) is 9.13. The van der Waals surface area contributed by atoms with E-state index < -0.39 is 0 Å². The Hall–Kier alpha value is -0.610. The Kier molecular flexibility index (Phi) is 5.22. The molecule has 0 fully saturated rings. The van der Waals surface area contributed by atoms with Crippen LogP contribution in [0.25, 0.3) is 10.6 Å². The number of nitrogens with zero attached hydrogens (tertiary/aromatic N) is 1. The van der Waals surface area contributed by atoms with Gasteiger partial charge in [-0.25, -0.2) is 4.98 Å². The molecule has 0 saturated heterocycles. The van der Waals surface area contributed by atoms with Crippen LogP contribution in [-0.2, 0) is 0 Å². The highest BCUT2D eigenvalue weighted by Gasteiger charge is 2.14. The molecule has 1 heterocycles. The molecule has 0 amide bonds. The van der Waals surface area contributed by atoms with Crippen LogP contribution in [0.5, 0.6) is 0 Å². The van der Waals surface area contributed by atoms with Crippen molar-refractivity contribution in [2.75, 3.05) is 6.54 Å². The molecule has 2 nitrogen and oxygen atoms in total. The molecule has 1 atom stereocenters. The van der Waals surface area contributed by atoms with E-state index in [1.807, 2.05) is 24.4 Å². The lowest BCUT2D eigenvalue weighted by molar-refractivity contribution is 0.577. The van der Waals surface area contributed by atoms with Crippen LogP contribution < -0.4 is 5.32 Å². The molecule has 0 aliphatic rings. The van der Waals surface area contributed by atoms with Crippen molar-refractivity contribution in [1.29, 1.82) is 0 Å². The number of hydrogen-bond acceptors (Lipinski definition) is 3. The standard InChI is InChI=1S/C14H16Cl2N2S/c1-3-7-17-9(2)12-8-18-14(19-12)13-10(15)5-4-6-11(13)16/h4-6,8-9,17H,3,7H2,1-2H3. The maximum absolute atomic E-state index is 6.20. The second-order valence-electron chi connectivity index (χ2n) is 4.34. The van der Waals surface area contributed by atoms with Crippen molar-refractivity contribution in [3.05, 3.63) is 39.3 Å². The second kappa shape index (κ2) is 6.71. The summed E-state index contributed by atoms with van der Waals surface area (Å²) in [6.45, 7) is 5.30. The van der Waals surface area contributed by atoms with Crippen molar-refractivity contribution < 1.29 is 0 Å². The fourth-order valence-electron chi connectivity index (χ4n) is 1.77. The average Bonchev–Trinajstić information content (AvgIpc) is 2.85. The maximum Gasteiger partial charge on any atom is 0.126 e. The third-order valence-electron chi connectivity index (χ3n) is 2.83. The lowest BCUT2D eigenvalue weighted by Crippen LogP contribution is -2.18. The molecule has 0 bridgehead atoms. The minimum Gasteiger partial charge on any atom is -0.309 e. The second-order valence-corrected chi connectivity index (χ2v) is 6.22. The van der Waals surface area contributed by atoms with Crippen LogP contribution in [0, 0.1) is 0 Å². The van der Waals surface area contributed by atoms with Gasteiger partial charge in [0.15, 0.2) is 0 Å². The Morgan fingerprint density at radius 2 is 2.00 bits per heavy atom. The molecule has 0 aliphatic heterocycles. The number of hydrogen-bond donors (Lipinski definition) is 1. The molecule has 0 aliphatic carbocycles. The zero-order valence-electron chi connectivity index (χ0n) is 10.9. The van der Waals surface area contributed by atoms with Gasteiger partial charge in [0.05, 0.1) is 10.0 Å². The summed E-state index contributed by atoms with van der Waals surface area (Å²) >= 11 is 14.0. The summed E-state index contributed by atoms with van der Waals surface area (Å²) in [5, 5.41) is 5.60. The molecule has 0 spiro atoms. The van der Waals surface area contributed by atoms with Crippen LogP contribution >= 0.6 is 34.5 Å². The molecule has 5 heteroatoms. The summed E-state index contributed by atoms with van der Waals surface area (Å²) in [6.07, 6.45) is 3.01. The maximum atomic E-state index is 6.20. The largest absolute Gasteiger partial charge is 0.309 e.